The summed E-state index contributed by atoms with van der Waals surface area (Å²) in [6.07, 6.45) is -0.190. The molecule has 0 heterocycles. The second kappa shape index (κ2) is 9.43. The Bertz CT molecular complexity index is 824. The average molecular weight is 375 g/mol. The molecule has 26 heavy (non-hydrogen) atoms. The third kappa shape index (κ3) is 6.10. The lowest BCUT2D eigenvalue weighted by Crippen LogP contribution is -2.23. The van der Waals surface area contributed by atoms with Crippen molar-refractivity contribution in [2.24, 2.45) is 10.9 Å². The van der Waals surface area contributed by atoms with E-state index in [2.05, 4.69) is 15.8 Å². The van der Waals surface area contributed by atoms with Crippen molar-refractivity contribution < 1.29 is 14.4 Å². The highest BCUT2D eigenvalue weighted by Gasteiger charge is 2.09. The second-order valence-electron chi connectivity index (χ2n) is 5.42. The summed E-state index contributed by atoms with van der Waals surface area (Å²) in [5, 5.41) is 9.30. The predicted octanol–water partition coefficient (Wildman–Crippen LogP) is 2.90. The summed E-state index contributed by atoms with van der Waals surface area (Å²) in [5.74, 6) is -0.832. The molecule has 0 aliphatic heterocycles. The number of benzene rings is 2. The highest BCUT2D eigenvalue weighted by atomic mass is 35.5. The molecule has 0 fully saturated rings. The van der Waals surface area contributed by atoms with Crippen LogP contribution in [-0.2, 0) is 14.4 Å². The van der Waals surface area contributed by atoms with Crippen LogP contribution in [0.3, 0.4) is 0 Å². The zero-order valence-corrected chi connectivity index (χ0v) is 14.9. The molecule has 0 saturated heterocycles. The molecular weight excluding hydrogens is 356 g/mol. The molecule has 8 heteroatoms. The molecule has 2 aromatic carbocycles. The number of anilines is 2. The topological polar surface area (TPSA) is 106 Å². The van der Waals surface area contributed by atoms with Gasteiger partial charge in [-0.2, -0.15) is 0 Å². The van der Waals surface area contributed by atoms with Crippen LogP contribution >= 0.6 is 11.6 Å². The number of rotatable bonds is 7. The minimum absolute atomic E-state index is 0.0572. The molecular formula is C18H19ClN4O3. The first kappa shape index (κ1) is 19.3. The third-order valence-corrected chi connectivity index (χ3v) is 3.62. The van der Waals surface area contributed by atoms with E-state index >= 15 is 0 Å². The van der Waals surface area contributed by atoms with Crippen LogP contribution in [0.4, 0.5) is 11.4 Å². The van der Waals surface area contributed by atoms with Crippen molar-refractivity contribution in [2.45, 2.75) is 13.3 Å². The average Bonchev–Trinajstić information content (AvgIpc) is 2.59. The van der Waals surface area contributed by atoms with Gasteiger partial charge in [-0.3, -0.25) is 9.59 Å². The molecule has 2 rings (SSSR count). The normalized spacial score (nSPS) is 10.9. The Balaban J connectivity index is 1.77. The first-order chi connectivity index (χ1) is 12.5. The van der Waals surface area contributed by atoms with E-state index in [1.54, 1.807) is 30.3 Å². The first-order valence-corrected chi connectivity index (χ1v) is 8.17. The van der Waals surface area contributed by atoms with Crippen molar-refractivity contribution in [3.8, 4) is 0 Å². The summed E-state index contributed by atoms with van der Waals surface area (Å²) >= 11 is 5.96. The van der Waals surface area contributed by atoms with Gasteiger partial charge in [0.1, 0.15) is 5.84 Å². The zero-order chi connectivity index (χ0) is 18.9. The number of amides is 2. The molecule has 0 aliphatic carbocycles. The van der Waals surface area contributed by atoms with Gasteiger partial charge in [-0.25, -0.2) is 0 Å². The summed E-state index contributed by atoms with van der Waals surface area (Å²) in [5.41, 5.74) is 7.73. The number of oxime groups is 1. The van der Waals surface area contributed by atoms with E-state index in [1.165, 1.54) is 0 Å². The quantitative estimate of drug-likeness (QED) is 0.393. The lowest BCUT2D eigenvalue weighted by molar-refractivity contribution is -0.120. The molecule has 2 amide bonds. The molecule has 0 spiro atoms. The molecule has 0 aromatic heterocycles. The fraction of sp³-hybridized carbons (Fsp3) is 0.167. The van der Waals surface area contributed by atoms with E-state index in [1.807, 2.05) is 25.1 Å². The van der Waals surface area contributed by atoms with Gasteiger partial charge in [0.25, 0.3) is 5.91 Å². The maximum Gasteiger partial charge on any atom is 0.265 e. The van der Waals surface area contributed by atoms with Crippen LogP contribution in [0.1, 0.15) is 12.0 Å². The Labute approximate surface area is 156 Å². The number of carbonyl (C=O) groups is 2. The van der Waals surface area contributed by atoms with Gasteiger partial charge in [-0.1, -0.05) is 47.1 Å². The summed E-state index contributed by atoms with van der Waals surface area (Å²) in [4.78, 5) is 28.6. The molecule has 4 N–H and O–H groups in total. The van der Waals surface area contributed by atoms with Gasteiger partial charge in [-0.15, -0.1) is 0 Å². The molecule has 0 bridgehead atoms. The highest BCUT2D eigenvalue weighted by Crippen LogP contribution is 2.20. The Kier molecular flexibility index (Phi) is 6.99. The van der Waals surface area contributed by atoms with Gasteiger partial charge in [0.05, 0.1) is 17.1 Å². The van der Waals surface area contributed by atoms with Crippen molar-refractivity contribution in [2.75, 3.05) is 17.2 Å². The number of carbonyl (C=O) groups excluding carboxylic acids is 2. The van der Waals surface area contributed by atoms with Crippen LogP contribution in [0.2, 0.25) is 5.02 Å². The van der Waals surface area contributed by atoms with E-state index < -0.39 is 5.91 Å². The van der Waals surface area contributed by atoms with Crippen LogP contribution in [0.5, 0.6) is 0 Å². The maximum absolute atomic E-state index is 11.9. The number of para-hydroxylation sites is 2. The van der Waals surface area contributed by atoms with Gasteiger partial charge in [-0.05, 0) is 30.7 Å². The van der Waals surface area contributed by atoms with Gasteiger partial charge < -0.3 is 21.2 Å². The Morgan fingerprint density at radius 1 is 1.04 bits per heavy atom. The number of halogens is 1. The monoisotopic (exact) mass is 374 g/mol. The summed E-state index contributed by atoms with van der Waals surface area (Å²) in [6, 6.07) is 14.2. The van der Waals surface area contributed by atoms with Crippen LogP contribution in [0, 0.1) is 6.92 Å². The van der Waals surface area contributed by atoms with E-state index in [0.717, 1.165) is 5.56 Å². The minimum Gasteiger partial charge on any atom is -0.384 e. The number of nitrogens with zero attached hydrogens (tertiary/aromatic N) is 1. The van der Waals surface area contributed by atoms with E-state index in [9.17, 15) is 9.59 Å². The molecule has 136 valence electrons. The largest absolute Gasteiger partial charge is 0.384 e. The summed E-state index contributed by atoms with van der Waals surface area (Å²) in [7, 11) is 0. The predicted molar refractivity (Wildman–Crippen MR) is 102 cm³/mol. The minimum atomic E-state index is -0.396. The molecule has 0 unspecified atom stereocenters. The number of hydrogen-bond donors (Lipinski definition) is 3. The zero-order valence-electron chi connectivity index (χ0n) is 14.2. The summed E-state index contributed by atoms with van der Waals surface area (Å²) < 4.78 is 0. The van der Waals surface area contributed by atoms with E-state index in [4.69, 9.17) is 22.2 Å². The molecule has 0 radical (unpaired) electrons. The van der Waals surface area contributed by atoms with Crippen LogP contribution in [0.25, 0.3) is 0 Å². The second-order valence-corrected chi connectivity index (χ2v) is 5.83. The van der Waals surface area contributed by atoms with Gasteiger partial charge in [0.2, 0.25) is 5.91 Å². The number of amidine groups is 1. The Morgan fingerprint density at radius 2 is 1.65 bits per heavy atom. The highest BCUT2D eigenvalue weighted by molar-refractivity contribution is 6.33. The van der Waals surface area contributed by atoms with Crippen molar-refractivity contribution >= 4 is 40.6 Å². The fourth-order valence-corrected chi connectivity index (χ4v) is 2.21. The summed E-state index contributed by atoms with van der Waals surface area (Å²) in [6.45, 7) is 1.56. The van der Waals surface area contributed by atoms with Crippen molar-refractivity contribution in [1.29, 1.82) is 0 Å². The third-order valence-electron chi connectivity index (χ3n) is 3.29. The van der Waals surface area contributed by atoms with Crippen LogP contribution in [0.15, 0.2) is 53.7 Å². The van der Waals surface area contributed by atoms with Gasteiger partial charge >= 0.3 is 0 Å². The molecule has 0 atom stereocenters. The number of nitrogens with two attached hydrogens (primary N) is 1. The smallest absolute Gasteiger partial charge is 0.265 e. The molecule has 2 aromatic rings. The molecule has 0 aliphatic rings. The Hall–Kier alpha value is -3.06. The number of hydrogen-bond acceptors (Lipinski definition) is 4. The fourth-order valence-electron chi connectivity index (χ4n) is 2.03. The van der Waals surface area contributed by atoms with E-state index in [0.29, 0.717) is 16.4 Å². The van der Waals surface area contributed by atoms with Crippen molar-refractivity contribution in [3.63, 3.8) is 0 Å². The number of nitrogens with one attached hydrogen (secondary N) is 2. The van der Waals surface area contributed by atoms with Gasteiger partial charge in [0.15, 0.2) is 6.61 Å². The lowest BCUT2D eigenvalue weighted by Gasteiger charge is -2.08. The first-order valence-electron chi connectivity index (χ1n) is 7.80. The van der Waals surface area contributed by atoms with Gasteiger partial charge in [0, 0.05) is 5.69 Å². The molecule has 7 nitrogen and oxygen atoms in total. The van der Waals surface area contributed by atoms with Crippen molar-refractivity contribution in [3.05, 3.63) is 59.1 Å². The van der Waals surface area contributed by atoms with E-state index in [-0.39, 0.29) is 24.8 Å². The standard InChI is InChI=1S/C18H19ClN4O3/c1-12-6-2-4-8-14(12)21-18(25)11-26-23-16(20)10-17(24)22-15-9-5-3-7-13(15)19/h2-9H,10-11H2,1H3,(H2,20,23)(H,21,25)(H,22,24). The van der Waals surface area contributed by atoms with Crippen molar-refractivity contribution in [1.82, 2.24) is 0 Å². The maximum atomic E-state index is 11.9. The lowest BCUT2D eigenvalue weighted by atomic mass is 10.2. The van der Waals surface area contributed by atoms with Crippen LogP contribution < -0.4 is 16.4 Å². The number of aryl methyl sites for hydroxylation is 1. The Morgan fingerprint density at radius 3 is 2.35 bits per heavy atom. The molecule has 0 saturated carbocycles. The van der Waals surface area contributed by atoms with Crippen LogP contribution in [-0.4, -0.2) is 24.3 Å². The SMILES string of the molecule is Cc1ccccc1NC(=O)CON=C(N)CC(=O)Nc1ccccc1Cl.